The molecule has 0 aliphatic heterocycles. The number of aryl methyl sites for hydroxylation is 1. The van der Waals surface area contributed by atoms with Crippen molar-refractivity contribution in [3.8, 4) is 5.69 Å². The summed E-state index contributed by atoms with van der Waals surface area (Å²) >= 11 is 0. The van der Waals surface area contributed by atoms with Crippen LogP contribution in [0.25, 0.3) is 5.69 Å². The second kappa shape index (κ2) is 3.85. The van der Waals surface area contributed by atoms with Crippen LogP contribution in [0.4, 0.5) is 0 Å². The summed E-state index contributed by atoms with van der Waals surface area (Å²) in [7, 11) is 0. The maximum Gasteiger partial charge on any atom is 0.0800 e. The molecule has 1 aromatic carbocycles. The predicted molar refractivity (Wildman–Crippen MR) is 60.2 cm³/mol. The van der Waals surface area contributed by atoms with Crippen LogP contribution in [0.3, 0.4) is 0 Å². The molecule has 1 heterocycles. The van der Waals surface area contributed by atoms with Crippen molar-refractivity contribution in [2.45, 2.75) is 26.7 Å². The van der Waals surface area contributed by atoms with Gasteiger partial charge in [0.25, 0.3) is 0 Å². The van der Waals surface area contributed by atoms with Crippen molar-refractivity contribution >= 4 is 0 Å². The molecule has 2 aromatic rings. The van der Waals surface area contributed by atoms with Crippen LogP contribution < -0.4 is 0 Å². The van der Waals surface area contributed by atoms with Crippen LogP contribution in [0, 0.1) is 6.92 Å². The molecule has 0 aliphatic rings. The molecule has 0 atom stereocenters. The number of hydrogen-bond donors (Lipinski definition) is 0. The lowest BCUT2D eigenvalue weighted by atomic mass is 10.0. The van der Waals surface area contributed by atoms with Crippen LogP contribution in [0.15, 0.2) is 30.5 Å². The molecule has 1 aromatic heterocycles. The number of nitrogens with zero attached hydrogens (tertiary/aromatic N) is 3. The van der Waals surface area contributed by atoms with Crippen molar-refractivity contribution in [3.05, 3.63) is 41.7 Å². The van der Waals surface area contributed by atoms with E-state index in [0.717, 1.165) is 11.4 Å². The molecule has 0 amide bonds. The van der Waals surface area contributed by atoms with Gasteiger partial charge in [0.1, 0.15) is 0 Å². The first-order valence-corrected chi connectivity index (χ1v) is 5.16. The quantitative estimate of drug-likeness (QED) is 0.748. The third-order valence-electron chi connectivity index (χ3n) is 2.43. The van der Waals surface area contributed by atoms with E-state index in [2.05, 4.69) is 48.4 Å². The van der Waals surface area contributed by atoms with Gasteiger partial charge in [0.2, 0.25) is 0 Å². The zero-order chi connectivity index (χ0) is 10.8. The average molecular weight is 201 g/mol. The third-order valence-corrected chi connectivity index (χ3v) is 2.43. The van der Waals surface area contributed by atoms with E-state index in [1.54, 1.807) is 4.68 Å². The molecule has 0 unspecified atom stereocenters. The van der Waals surface area contributed by atoms with Gasteiger partial charge in [-0.3, -0.25) is 0 Å². The molecule has 0 spiro atoms. The van der Waals surface area contributed by atoms with Crippen LogP contribution in [0.5, 0.6) is 0 Å². The Labute approximate surface area is 89.7 Å². The van der Waals surface area contributed by atoms with Crippen molar-refractivity contribution in [1.82, 2.24) is 15.0 Å². The molecule has 0 N–H and O–H groups in total. The first kappa shape index (κ1) is 9.90. The smallest absolute Gasteiger partial charge is 0.0800 e. The Kier molecular flexibility index (Phi) is 2.54. The number of benzene rings is 1. The van der Waals surface area contributed by atoms with Crippen LogP contribution in [-0.2, 0) is 0 Å². The Hall–Kier alpha value is -1.64. The van der Waals surface area contributed by atoms with Gasteiger partial charge >= 0.3 is 0 Å². The minimum Gasteiger partial charge on any atom is -0.220 e. The molecule has 0 fully saturated rings. The van der Waals surface area contributed by atoms with E-state index in [-0.39, 0.29) is 0 Å². The number of rotatable bonds is 2. The van der Waals surface area contributed by atoms with Crippen molar-refractivity contribution in [1.29, 1.82) is 0 Å². The molecule has 0 saturated carbocycles. The minimum absolute atomic E-state index is 0.566. The standard InChI is InChI=1S/C12H15N3/c1-9(2)11-4-6-12(7-5-11)15-8-10(3)13-14-15/h4-9H,1-3H3. The zero-order valence-electron chi connectivity index (χ0n) is 9.31. The molecule has 0 saturated heterocycles. The molecule has 0 aliphatic carbocycles. The molecule has 2 rings (SSSR count). The van der Waals surface area contributed by atoms with E-state index in [1.807, 2.05) is 13.1 Å². The molecule has 15 heavy (non-hydrogen) atoms. The lowest BCUT2D eigenvalue weighted by molar-refractivity contribution is 0.798. The maximum atomic E-state index is 4.03. The first-order valence-electron chi connectivity index (χ1n) is 5.16. The van der Waals surface area contributed by atoms with E-state index < -0.39 is 0 Å². The average Bonchev–Trinajstić information content (AvgIpc) is 2.65. The van der Waals surface area contributed by atoms with Gasteiger partial charge in [-0.25, -0.2) is 4.68 Å². The molecular weight excluding hydrogens is 186 g/mol. The Bertz CT molecular complexity index is 440. The van der Waals surface area contributed by atoms with Gasteiger partial charge in [-0.05, 0) is 30.5 Å². The fourth-order valence-electron chi connectivity index (χ4n) is 1.49. The van der Waals surface area contributed by atoms with Gasteiger partial charge in [-0.1, -0.05) is 31.2 Å². The van der Waals surface area contributed by atoms with Crippen LogP contribution in [-0.4, -0.2) is 15.0 Å². The summed E-state index contributed by atoms with van der Waals surface area (Å²) in [4.78, 5) is 0. The number of hydrogen-bond acceptors (Lipinski definition) is 2. The molecule has 3 heteroatoms. The van der Waals surface area contributed by atoms with Gasteiger partial charge in [-0.15, -0.1) is 5.10 Å². The van der Waals surface area contributed by atoms with Gasteiger partial charge in [0.05, 0.1) is 17.6 Å². The minimum atomic E-state index is 0.566. The monoisotopic (exact) mass is 201 g/mol. The van der Waals surface area contributed by atoms with Crippen molar-refractivity contribution in [2.24, 2.45) is 0 Å². The highest BCUT2D eigenvalue weighted by Gasteiger charge is 2.01. The normalized spacial score (nSPS) is 10.9. The first-order chi connectivity index (χ1) is 7.16. The fourth-order valence-corrected chi connectivity index (χ4v) is 1.49. The lowest BCUT2D eigenvalue weighted by Crippen LogP contribution is -1.95. The summed E-state index contributed by atoms with van der Waals surface area (Å²) in [5, 5.41) is 7.99. The largest absolute Gasteiger partial charge is 0.220 e. The van der Waals surface area contributed by atoms with Gasteiger partial charge in [-0.2, -0.15) is 0 Å². The van der Waals surface area contributed by atoms with Crippen molar-refractivity contribution in [2.75, 3.05) is 0 Å². The summed E-state index contributed by atoms with van der Waals surface area (Å²) in [6.45, 7) is 6.31. The zero-order valence-corrected chi connectivity index (χ0v) is 9.31. The molecule has 0 radical (unpaired) electrons. The molecule has 78 valence electrons. The Balaban J connectivity index is 2.31. The topological polar surface area (TPSA) is 30.7 Å². The van der Waals surface area contributed by atoms with E-state index in [4.69, 9.17) is 0 Å². The Morgan fingerprint density at radius 1 is 1.13 bits per heavy atom. The van der Waals surface area contributed by atoms with Gasteiger partial charge in [0.15, 0.2) is 0 Å². The second-order valence-electron chi connectivity index (χ2n) is 4.05. The lowest BCUT2D eigenvalue weighted by Gasteiger charge is -2.06. The summed E-state index contributed by atoms with van der Waals surface area (Å²) < 4.78 is 1.79. The highest BCUT2D eigenvalue weighted by atomic mass is 15.4. The Morgan fingerprint density at radius 2 is 1.80 bits per heavy atom. The van der Waals surface area contributed by atoms with Crippen LogP contribution >= 0.6 is 0 Å². The molecule has 3 nitrogen and oxygen atoms in total. The van der Waals surface area contributed by atoms with E-state index in [0.29, 0.717) is 5.92 Å². The fraction of sp³-hybridized carbons (Fsp3) is 0.333. The summed E-state index contributed by atoms with van der Waals surface area (Å²) in [5.74, 6) is 0.566. The van der Waals surface area contributed by atoms with Gasteiger partial charge < -0.3 is 0 Å². The highest BCUT2D eigenvalue weighted by molar-refractivity contribution is 5.34. The Morgan fingerprint density at radius 3 is 2.27 bits per heavy atom. The molecule has 0 bridgehead atoms. The summed E-state index contributed by atoms with van der Waals surface area (Å²) in [5.41, 5.74) is 3.33. The van der Waals surface area contributed by atoms with Crippen LogP contribution in [0.1, 0.15) is 31.0 Å². The summed E-state index contributed by atoms with van der Waals surface area (Å²) in [6, 6.07) is 8.42. The second-order valence-corrected chi connectivity index (χ2v) is 4.05. The van der Waals surface area contributed by atoms with E-state index in [9.17, 15) is 0 Å². The van der Waals surface area contributed by atoms with E-state index >= 15 is 0 Å². The van der Waals surface area contributed by atoms with Crippen LogP contribution in [0.2, 0.25) is 0 Å². The maximum absolute atomic E-state index is 4.03. The van der Waals surface area contributed by atoms with E-state index in [1.165, 1.54) is 5.56 Å². The van der Waals surface area contributed by atoms with Crippen molar-refractivity contribution < 1.29 is 0 Å². The molecular formula is C12H15N3. The van der Waals surface area contributed by atoms with Gasteiger partial charge in [0, 0.05) is 0 Å². The van der Waals surface area contributed by atoms with Crippen molar-refractivity contribution in [3.63, 3.8) is 0 Å². The predicted octanol–water partition coefficient (Wildman–Crippen LogP) is 2.70. The summed E-state index contributed by atoms with van der Waals surface area (Å²) in [6.07, 6.45) is 1.92. The highest BCUT2D eigenvalue weighted by Crippen LogP contribution is 2.16. The SMILES string of the molecule is Cc1cn(-c2ccc(C(C)C)cc2)nn1. The number of aromatic nitrogens is 3. The third kappa shape index (κ3) is 2.06.